The van der Waals surface area contributed by atoms with Gasteiger partial charge in [0, 0.05) is 30.7 Å². The van der Waals surface area contributed by atoms with Crippen LogP contribution in [0, 0.1) is 0 Å². The van der Waals surface area contributed by atoms with E-state index < -0.39 is 28.0 Å². The number of amides is 2. The van der Waals surface area contributed by atoms with Crippen LogP contribution in [-0.2, 0) is 20.2 Å². The van der Waals surface area contributed by atoms with Crippen molar-refractivity contribution in [2.75, 3.05) is 13.1 Å². The van der Waals surface area contributed by atoms with Crippen LogP contribution in [0.3, 0.4) is 0 Å². The zero-order valence-electron chi connectivity index (χ0n) is 21.8. The quantitative estimate of drug-likeness (QED) is 0.551. The van der Waals surface area contributed by atoms with E-state index in [1.165, 1.54) is 23.1 Å². The first-order valence-electron chi connectivity index (χ1n) is 12.7. The predicted molar refractivity (Wildman–Crippen MR) is 149 cm³/mol. The van der Waals surface area contributed by atoms with Gasteiger partial charge in [-0.1, -0.05) is 56.1 Å². The van der Waals surface area contributed by atoms with Gasteiger partial charge < -0.3 is 16.0 Å². The van der Waals surface area contributed by atoms with Crippen LogP contribution in [0.4, 0.5) is 0 Å². The largest absolute Gasteiger partial charge is 0.350 e. The van der Waals surface area contributed by atoms with E-state index in [4.69, 9.17) is 28.9 Å². The van der Waals surface area contributed by atoms with Gasteiger partial charge in [0.15, 0.2) is 6.17 Å². The van der Waals surface area contributed by atoms with E-state index in [2.05, 4.69) is 26.1 Å². The molecule has 0 bridgehead atoms. The minimum atomic E-state index is -4.18. The summed E-state index contributed by atoms with van der Waals surface area (Å²) in [6.07, 6.45) is 1.58. The van der Waals surface area contributed by atoms with E-state index in [-0.39, 0.29) is 45.5 Å². The molecular weight excluding hydrogens is 547 g/mol. The van der Waals surface area contributed by atoms with Crippen molar-refractivity contribution < 1.29 is 18.0 Å². The second-order valence-corrected chi connectivity index (χ2v) is 13.7. The van der Waals surface area contributed by atoms with Gasteiger partial charge >= 0.3 is 0 Å². The maximum Gasteiger partial charge on any atom is 0.259 e. The van der Waals surface area contributed by atoms with Crippen molar-refractivity contribution in [1.29, 1.82) is 0 Å². The van der Waals surface area contributed by atoms with E-state index in [0.29, 0.717) is 18.4 Å². The molecule has 38 heavy (non-hydrogen) atoms. The summed E-state index contributed by atoms with van der Waals surface area (Å²) in [5.41, 5.74) is 7.36. The lowest BCUT2D eigenvalue weighted by molar-refractivity contribution is -0.128. The van der Waals surface area contributed by atoms with Crippen LogP contribution in [0.25, 0.3) is 0 Å². The molecule has 1 unspecified atom stereocenters. The highest BCUT2D eigenvalue weighted by molar-refractivity contribution is 7.89. The van der Waals surface area contributed by atoms with Crippen LogP contribution < -0.4 is 11.1 Å². The summed E-state index contributed by atoms with van der Waals surface area (Å²) in [6.45, 7) is 6.26. The average molecular weight is 582 g/mol. The minimum Gasteiger partial charge on any atom is -0.350 e. The highest BCUT2D eigenvalue weighted by atomic mass is 35.5. The molecule has 1 heterocycles. The average Bonchev–Trinajstić information content (AvgIpc) is 3.32. The fourth-order valence-electron chi connectivity index (χ4n) is 4.93. The Kier molecular flexibility index (Phi) is 8.45. The van der Waals surface area contributed by atoms with Gasteiger partial charge in [0.2, 0.25) is 10.0 Å². The number of sulfonamides is 1. The van der Waals surface area contributed by atoms with Crippen LogP contribution in [-0.4, -0.2) is 60.8 Å². The normalized spacial score (nSPS) is 22.9. The Hall–Kier alpha value is -2.17. The van der Waals surface area contributed by atoms with Gasteiger partial charge in [-0.05, 0) is 67.0 Å². The van der Waals surface area contributed by atoms with Crippen LogP contribution >= 0.6 is 23.2 Å². The Balaban J connectivity index is 1.66. The minimum absolute atomic E-state index is 0.0397. The SMILES string of the molecule is CC(C)(C)c1ccc(C(=O)N2CCN(S(=O)(=O)c3ccc(Cl)c(Cl)c3)C2C(=O)NC2CCC(N)CC2)cc1. The van der Waals surface area contributed by atoms with Crippen molar-refractivity contribution in [3.8, 4) is 0 Å². The molecule has 1 aliphatic heterocycles. The van der Waals surface area contributed by atoms with E-state index >= 15 is 0 Å². The summed E-state index contributed by atoms with van der Waals surface area (Å²) in [5, 5.41) is 3.28. The number of carbonyl (C=O) groups is 2. The monoisotopic (exact) mass is 580 g/mol. The van der Waals surface area contributed by atoms with Crippen molar-refractivity contribution >= 4 is 45.0 Å². The number of rotatable bonds is 5. The molecule has 1 aliphatic carbocycles. The van der Waals surface area contributed by atoms with Gasteiger partial charge in [-0.25, -0.2) is 8.42 Å². The summed E-state index contributed by atoms with van der Waals surface area (Å²) in [6, 6.07) is 11.2. The molecule has 11 heteroatoms. The summed E-state index contributed by atoms with van der Waals surface area (Å²) >= 11 is 12.1. The molecule has 8 nitrogen and oxygen atoms in total. The van der Waals surface area contributed by atoms with E-state index in [0.717, 1.165) is 22.7 Å². The first-order chi connectivity index (χ1) is 17.8. The van der Waals surface area contributed by atoms with E-state index in [9.17, 15) is 18.0 Å². The molecule has 3 N–H and O–H groups in total. The first-order valence-corrected chi connectivity index (χ1v) is 14.9. The second kappa shape index (κ2) is 11.1. The number of nitrogens with zero attached hydrogens (tertiary/aromatic N) is 2. The van der Waals surface area contributed by atoms with Gasteiger partial charge in [-0.3, -0.25) is 9.59 Å². The van der Waals surface area contributed by atoms with Crippen LogP contribution in [0.5, 0.6) is 0 Å². The van der Waals surface area contributed by atoms with Crippen molar-refractivity contribution in [2.45, 2.75) is 75.0 Å². The smallest absolute Gasteiger partial charge is 0.259 e. The molecule has 4 rings (SSSR count). The number of halogens is 2. The Bertz CT molecular complexity index is 1300. The van der Waals surface area contributed by atoms with Crippen LogP contribution in [0.1, 0.15) is 62.4 Å². The third kappa shape index (κ3) is 6.02. The lowest BCUT2D eigenvalue weighted by Crippen LogP contribution is -2.56. The molecule has 2 amide bonds. The molecule has 206 valence electrons. The molecule has 1 saturated carbocycles. The van der Waals surface area contributed by atoms with Crippen molar-refractivity contribution in [3.63, 3.8) is 0 Å². The molecule has 1 saturated heterocycles. The Morgan fingerprint density at radius 3 is 2.16 bits per heavy atom. The highest BCUT2D eigenvalue weighted by Gasteiger charge is 2.47. The van der Waals surface area contributed by atoms with E-state index in [1.54, 1.807) is 12.1 Å². The van der Waals surface area contributed by atoms with Crippen molar-refractivity contribution in [2.24, 2.45) is 5.73 Å². The Morgan fingerprint density at radius 2 is 1.58 bits per heavy atom. The maximum atomic E-state index is 13.7. The van der Waals surface area contributed by atoms with Crippen molar-refractivity contribution in [3.05, 3.63) is 63.6 Å². The molecular formula is C27H34Cl2N4O4S. The summed E-state index contributed by atoms with van der Waals surface area (Å²) in [4.78, 5) is 28.5. The number of benzene rings is 2. The third-order valence-corrected chi connectivity index (χ3v) is 9.83. The predicted octanol–water partition coefficient (Wildman–Crippen LogP) is 4.15. The third-order valence-electron chi connectivity index (χ3n) is 7.24. The van der Waals surface area contributed by atoms with Gasteiger partial charge in [0.05, 0.1) is 14.9 Å². The van der Waals surface area contributed by atoms with Gasteiger partial charge in [-0.2, -0.15) is 4.31 Å². The maximum absolute atomic E-state index is 13.7. The first kappa shape index (κ1) is 28.8. The van der Waals surface area contributed by atoms with Gasteiger partial charge in [0.25, 0.3) is 11.8 Å². The zero-order valence-corrected chi connectivity index (χ0v) is 24.1. The lowest BCUT2D eigenvalue weighted by atomic mass is 9.86. The van der Waals surface area contributed by atoms with E-state index in [1.807, 2.05) is 12.1 Å². The highest BCUT2D eigenvalue weighted by Crippen LogP contribution is 2.31. The summed E-state index contributed by atoms with van der Waals surface area (Å²) < 4.78 is 28.5. The van der Waals surface area contributed by atoms with Crippen LogP contribution in [0.2, 0.25) is 10.0 Å². The molecule has 0 spiro atoms. The summed E-state index contributed by atoms with van der Waals surface area (Å²) in [7, 11) is -4.18. The summed E-state index contributed by atoms with van der Waals surface area (Å²) in [5.74, 6) is -0.950. The lowest BCUT2D eigenvalue weighted by Gasteiger charge is -2.32. The fraction of sp³-hybridized carbons (Fsp3) is 0.481. The molecule has 2 aromatic carbocycles. The molecule has 0 aromatic heterocycles. The number of hydrogen-bond acceptors (Lipinski definition) is 5. The molecule has 0 radical (unpaired) electrons. The number of nitrogens with one attached hydrogen (secondary N) is 1. The second-order valence-electron chi connectivity index (χ2n) is 11.0. The molecule has 1 atom stereocenters. The Morgan fingerprint density at radius 1 is 0.947 bits per heavy atom. The number of hydrogen-bond donors (Lipinski definition) is 2. The fourth-order valence-corrected chi connectivity index (χ4v) is 6.87. The van der Waals surface area contributed by atoms with Crippen molar-refractivity contribution in [1.82, 2.24) is 14.5 Å². The topological polar surface area (TPSA) is 113 Å². The van der Waals surface area contributed by atoms with Gasteiger partial charge in [-0.15, -0.1) is 0 Å². The van der Waals surface area contributed by atoms with Gasteiger partial charge in [0.1, 0.15) is 0 Å². The van der Waals surface area contributed by atoms with Crippen LogP contribution in [0.15, 0.2) is 47.4 Å². The zero-order chi connectivity index (χ0) is 27.8. The molecule has 2 fully saturated rings. The standard InChI is InChI=1S/C27H34Cl2N4O4S/c1-27(2,3)18-6-4-17(5-7-18)26(35)32-14-15-33(38(36,37)21-12-13-22(28)23(29)16-21)25(32)24(34)31-20-10-8-19(30)9-11-20/h4-7,12-13,16,19-20,25H,8-11,14-15,30H2,1-3H3,(H,31,34). The Labute approximate surface area is 234 Å². The number of carbonyl (C=O) groups excluding carboxylic acids is 2. The molecule has 2 aromatic rings. The molecule has 2 aliphatic rings. The number of nitrogens with two attached hydrogens (primary N) is 1.